The molecule has 2 rings (SSSR count). The van der Waals surface area contributed by atoms with Crippen LogP contribution >= 0.6 is 0 Å². The first kappa shape index (κ1) is 13.0. The molecule has 2 N–H and O–H groups in total. The molecule has 0 spiro atoms. The molecule has 4 heteroatoms. The highest BCUT2D eigenvalue weighted by Gasteiger charge is 2.36. The molecule has 0 bridgehead atoms. The van der Waals surface area contributed by atoms with Gasteiger partial charge in [-0.3, -0.25) is 4.79 Å². The largest absolute Gasteiger partial charge is 0.481 e. The summed E-state index contributed by atoms with van der Waals surface area (Å²) in [4.78, 5) is 11.3. The second-order valence-corrected chi connectivity index (χ2v) is 4.94. The van der Waals surface area contributed by atoms with E-state index in [-0.39, 0.29) is 11.7 Å². The van der Waals surface area contributed by atoms with Gasteiger partial charge in [-0.15, -0.1) is 0 Å². The van der Waals surface area contributed by atoms with Gasteiger partial charge in [-0.25, -0.2) is 4.39 Å². The molecule has 0 aromatic heterocycles. The van der Waals surface area contributed by atoms with Crippen molar-refractivity contribution in [2.75, 3.05) is 0 Å². The first-order valence-electron chi connectivity index (χ1n) is 6.23. The minimum absolute atomic E-state index is 0.187. The maximum atomic E-state index is 12.8. The standard InChI is InChI=1S/C14H17FO3/c15-10-6-4-9(5-7-10)8-12(14(17)18)11-2-1-3-13(11)16/h4-7,11-13,16H,1-3,8H2,(H,17,18). The third-order valence-corrected chi connectivity index (χ3v) is 3.73. The predicted octanol–water partition coefficient (Wildman–Crippen LogP) is 2.23. The molecule has 0 amide bonds. The van der Waals surface area contributed by atoms with Crippen molar-refractivity contribution >= 4 is 5.97 Å². The number of aliphatic hydroxyl groups is 1. The topological polar surface area (TPSA) is 57.5 Å². The van der Waals surface area contributed by atoms with Crippen molar-refractivity contribution in [2.24, 2.45) is 11.8 Å². The van der Waals surface area contributed by atoms with E-state index in [1.165, 1.54) is 12.1 Å². The molecule has 1 aliphatic rings. The van der Waals surface area contributed by atoms with E-state index < -0.39 is 18.0 Å². The van der Waals surface area contributed by atoms with Crippen molar-refractivity contribution in [3.05, 3.63) is 35.6 Å². The van der Waals surface area contributed by atoms with E-state index in [9.17, 15) is 19.4 Å². The number of halogens is 1. The highest BCUT2D eigenvalue weighted by atomic mass is 19.1. The van der Waals surface area contributed by atoms with Crippen LogP contribution in [0, 0.1) is 17.7 Å². The van der Waals surface area contributed by atoms with E-state index in [0.717, 1.165) is 18.4 Å². The Bertz CT molecular complexity index is 416. The molecule has 1 aromatic rings. The van der Waals surface area contributed by atoms with Crippen LogP contribution in [0.3, 0.4) is 0 Å². The van der Waals surface area contributed by atoms with Crippen LogP contribution in [0.25, 0.3) is 0 Å². The lowest BCUT2D eigenvalue weighted by Crippen LogP contribution is -2.30. The molecular weight excluding hydrogens is 235 g/mol. The molecule has 1 saturated carbocycles. The highest BCUT2D eigenvalue weighted by Crippen LogP contribution is 2.33. The third-order valence-electron chi connectivity index (χ3n) is 3.73. The number of aliphatic hydroxyl groups excluding tert-OH is 1. The Kier molecular flexibility index (Phi) is 3.97. The first-order valence-corrected chi connectivity index (χ1v) is 6.23. The van der Waals surface area contributed by atoms with Crippen LogP contribution < -0.4 is 0 Å². The summed E-state index contributed by atoms with van der Waals surface area (Å²) < 4.78 is 12.8. The van der Waals surface area contributed by atoms with Gasteiger partial charge >= 0.3 is 5.97 Å². The lowest BCUT2D eigenvalue weighted by molar-refractivity contribution is -0.145. The summed E-state index contributed by atoms with van der Waals surface area (Å²) in [5, 5.41) is 19.1. The summed E-state index contributed by atoms with van der Waals surface area (Å²) in [6, 6.07) is 5.87. The van der Waals surface area contributed by atoms with Crippen molar-refractivity contribution in [1.29, 1.82) is 0 Å². The second kappa shape index (κ2) is 5.48. The van der Waals surface area contributed by atoms with Crippen molar-refractivity contribution < 1.29 is 19.4 Å². The van der Waals surface area contributed by atoms with Gasteiger partial charge in [-0.1, -0.05) is 18.6 Å². The minimum atomic E-state index is -0.884. The van der Waals surface area contributed by atoms with Gasteiger partial charge in [0.25, 0.3) is 0 Å². The quantitative estimate of drug-likeness (QED) is 0.864. The molecule has 0 heterocycles. The maximum Gasteiger partial charge on any atom is 0.307 e. The van der Waals surface area contributed by atoms with Crippen molar-refractivity contribution in [1.82, 2.24) is 0 Å². The number of carboxylic acid groups (broad SMARTS) is 1. The van der Waals surface area contributed by atoms with Crippen LogP contribution in [0.1, 0.15) is 24.8 Å². The fourth-order valence-electron chi connectivity index (χ4n) is 2.73. The molecule has 1 aromatic carbocycles. The van der Waals surface area contributed by atoms with Gasteiger partial charge in [0.05, 0.1) is 12.0 Å². The maximum absolute atomic E-state index is 12.8. The molecule has 3 unspecified atom stereocenters. The molecule has 0 radical (unpaired) electrons. The SMILES string of the molecule is O=C(O)C(Cc1ccc(F)cc1)C1CCCC1O. The predicted molar refractivity (Wildman–Crippen MR) is 64.6 cm³/mol. The van der Waals surface area contributed by atoms with E-state index in [2.05, 4.69) is 0 Å². The number of hydrogen-bond donors (Lipinski definition) is 2. The molecule has 0 saturated heterocycles. The summed E-state index contributed by atoms with van der Waals surface area (Å²) in [6.45, 7) is 0. The van der Waals surface area contributed by atoms with Gasteiger partial charge in [-0.05, 0) is 42.9 Å². The van der Waals surface area contributed by atoms with Gasteiger partial charge in [0.15, 0.2) is 0 Å². The highest BCUT2D eigenvalue weighted by molar-refractivity contribution is 5.71. The van der Waals surface area contributed by atoms with Gasteiger partial charge in [0, 0.05) is 0 Å². The Morgan fingerprint density at radius 1 is 1.33 bits per heavy atom. The second-order valence-electron chi connectivity index (χ2n) is 4.94. The van der Waals surface area contributed by atoms with Crippen LogP contribution in [-0.4, -0.2) is 22.3 Å². The van der Waals surface area contributed by atoms with E-state index in [0.29, 0.717) is 12.8 Å². The van der Waals surface area contributed by atoms with Gasteiger partial charge < -0.3 is 10.2 Å². The molecule has 3 atom stereocenters. The lowest BCUT2D eigenvalue weighted by atomic mass is 9.84. The first-order chi connectivity index (χ1) is 8.58. The zero-order valence-corrected chi connectivity index (χ0v) is 10.1. The van der Waals surface area contributed by atoms with Crippen LogP contribution in [0.5, 0.6) is 0 Å². The zero-order chi connectivity index (χ0) is 13.1. The smallest absolute Gasteiger partial charge is 0.307 e. The van der Waals surface area contributed by atoms with Crippen LogP contribution in [-0.2, 0) is 11.2 Å². The van der Waals surface area contributed by atoms with Crippen LogP contribution in [0.4, 0.5) is 4.39 Å². The Morgan fingerprint density at radius 2 is 2.00 bits per heavy atom. The summed E-state index contributed by atoms with van der Waals surface area (Å²) in [7, 11) is 0. The average molecular weight is 252 g/mol. The number of carboxylic acids is 1. The Balaban J connectivity index is 2.11. The van der Waals surface area contributed by atoms with Crippen molar-refractivity contribution in [3.63, 3.8) is 0 Å². The Morgan fingerprint density at radius 3 is 2.50 bits per heavy atom. The molecule has 0 aliphatic heterocycles. The number of aliphatic carboxylic acids is 1. The molecule has 1 fully saturated rings. The van der Waals surface area contributed by atoms with Crippen LogP contribution in [0.2, 0.25) is 0 Å². The normalized spacial score (nSPS) is 25.0. The summed E-state index contributed by atoms with van der Waals surface area (Å²) in [5.41, 5.74) is 0.794. The Labute approximate surface area is 105 Å². The van der Waals surface area contributed by atoms with E-state index >= 15 is 0 Å². The molecule has 3 nitrogen and oxygen atoms in total. The lowest BCUT2D eigenvalue weighted by Gasteiger charge is -2.22. The van der Waals surface area contributed by atoms with E-state index in [4.69, 9.17) is 0 Å². The average Bonchev–Trinajstić information content (AvgIpc) is 2.74. The number of hydrogen-bond acceptors (Lipinski definition) is 2. The molecular formula is C14H17FO3. The van der Waals surface area contributed by atoms with E-state index in [1.807, 2.05) is 0 Å². The Hall–Kier alpha value is -1.42. The minimum Gasteiger partial charge on any atom is -0.481 e. The third kappa shape index (κ3) is 2.88. The molecule has 98 valence electrons. The fraction of sp³-hybridized carbons (Fsp3) is 0.500. The number of benzene rings is 1. The summed E-state index contributed by atoms with van der Waals surface area (Å²) in [6.07, 6.45) is 2.12. The summed E-state index contributed by atoms with van der Waals surface area (Å²) in [5.74, 6) is -1.99. The monoisotopic (exact) mass is 252 g/mol. The fourth-order valence-corrected chi connectivity index (χ4v) is 2.73. The number of rotatable bonds is 4. The zero-order valence-electron chi connectivity index (χ0n) is 10.1. The molecule has 18 heavy (non-hydrogen) atoms. The van der Waals surface area contributed by atoms with Gasteiger partial charge in [0.1, 0.15) is 5.82 Å². The van der Waals surface area contributed by atoms with E-state index in [1.54, 1.807) is 12.1 Å². The summed E-state index contributed by atoms with van der Waals surface area (Å²) >= 11 is 0. The van der Waals surface area contributed by atoms with Gasteiger partial charge in [0.2, 0.25) is 0 Å². The van der Waals surface area contributed by atoms with Gasteiger partial charge in [-0.2, -0.15) is 0 Å². The van der Waals surface area contributed by atoms with Crippen molar-refractivity contribution in [3.8, 4) is 0 Å². The van der Waals surface area contributed by atoms with Crippen molar-refractivity contribution in [2.45, 2.75) is 31.8 Å². The van der Waals surface area contributed by atoms with Crippen LogP contribution in [0.15, 0.2) is 24.3 Å². The number of carbonyl (C=O) groups is 1. The molecule has 1 aliphatic carbocycles.